The van der Waals surface area contributed by atoms with E-state index in [0.29, 0.717) is 28.6 Å². The molecule has 0 N–H and O–H groups in total. The van der Waals surface area contributed by atoms with Crippen molar-refractivity contribution in [2.75, 3.05) is 0 Å². The molecule has 0 aliphatic rings. The molecule has 0 unspecified atom stereocenters. The maximum absolute atomic E-state index is 12.0. The highest BCUT2D eigenvalue weighted by molar-refractivity contribution is 8.13. The Labute approximate surface area is 145 Å². The summed E-state index contributed by atoms with van der Waals surface area (Å²) in [6.45, 7) is 10.8. The molecule has 0 saturated carbocycles. The topological polar surface area (TPSA) is 47.2 Å². The van der Waals surface area contributed by atoms with Gasteiger partial charge in [-0.05, 0) is 41.9 Å². The van der Waals surface area contributed by atoms with Gasteiger partial charge in [0.2, 0.25) is 0 Å². The minimum Gasteiger partial charge on any atom is -0.304 e. The molecule has 0 saturated heterocycles. The number of carbonyl (C=O) groups is 1. The number of nitrogens with zero attached hydrogens (tertiary/aromatic N) is 3. The van der Waals surface area contributed by atoms with Gasteiger partial charge in [-0.25, -0.2) is 11.6 Å². The van der Waals surface area contributed by atoms with Gasteiger partial charge in [0.15, 0.2) is 5.12 Å². The van der Waals surface area contributed by atoms with Gasteiger partial charge in [0, 0.05) is 32.7 Å². The summed E-state index contributed by atoms with van der Waals surface area (Å²) in [4.78, 5) is 23.9. The average Bonchev–Trinajstić information content (AvgIpc) is 2.53. The second-order valence-electron chi connectivity index (χ2n) is 5.49. The second kappa shape index (κ2) is 7.58. The van der Waals surface area contributed by atoms with Crippen LogP contribution in [0.4, 0.5) is 0 Å². The molecule has 2 aromatic heterocycles. The van der Waals surface area contributed by atoms with E-state index in [2.05, 4.69) is 14.8 Å². The standard InChI is InChI=1S/C17H16ClN3OS/c1-17(2,19-3)16-13(18)10-12(11-21-16)7-8-15(22)23-14-6-4-5-9-20-14/h4-6,9-11H,7-8H2,1-2H3. The van der Waals surface area contributed by atoms with Crippen LogP contribution in [0.1, 0.15) is 31.5 Å². The number of carbonyl (C=O) groups excluding carboxylic acids is 1. The van der Waals surface area contributed by atoms with Crippen molar-refractivity contribution < 1.29 is 4.79 Å². The largest absolute Gasteiger partial charge is 0.304 e. The Morgan fingerprint density at radius 2 is 2.17 bits per heavy atom. The van der Waals surface area contributed by atoms with Crippen LogP contribution in [-0.4, -0.2) is 15.1 Å². The Morgan fingerprint density at radius 1 is 1.39 bits per heavy atom. The lowest BCUT2D eigenvalue weighted by atomic mass is 10.00. The third-order valence-corrected chi connectivity index (χ3v) is 4.40. The quantitative estimate of drug-likeness (QED) is 0.589. The third-order valence-electron chi connectivity index (χ3n) is 3.23. The van der Waals surface area contributed by atoms with E-state index in [1.807, 2.05) is 18.2 Å². The lowest BCUT2D eigenvalue weighted by Gasteiger charge is -2.13. The van der Waals surface area contributed by atoms with E-state index in [-0.39, 0.29) is 5.12 Å². The number of aromatic nitrogens is 2. The van der Waals surface area contributed by atoms with Gasteiger partial charge < -0.3 is 4.85 Å². The molecule has 0 aliphatic carbocycles. The van der Waals surface area contributed by atoms with Crippen LogP contribution in [0.25, 0.3) is 4.85 Å². The molecule has 4 nitrogen and oxygen atoms in total. The number of pyridine rings is 2. The van der Waals surface area contributed by atoms with Gasteiger partial charge >= 0.3 is 0 Å². The summed E-state index contributed by atoms with van der Waals surface area (Å²) in [7, 11) is 0. The highest BCUT2D eigenvalue weighted by Crippen LogP contribution is 2.30. The van der Waals surface area contributed by atoms with E-state index in [9.17, 15) is 4.79 Å². The molecular weight excluding hydrogens is 330 g/mol. The van der Waals surface area contributed by atoms with E-state index in [1.165, 1.54) is 0 Å². The second-order valence-corrected chi connectivity index (χ2v) is 6.97. The zero-order valence-corrected chi connectivity index (χ0v) is 14.5. The highest BCUT2D eigenvalue weighted by atomic mass is 35.5. The van der Waals surface area contributed by atoms with Crippen molar-refractivity contribution in [3.05, 3.63) is 64.4 Å². The fraction of sp³-hybridized carbons (Fsp3) is 0.294. The molecule has 2 aromatic rings. The van der Waals surface area contributed by atoms with Crippen LogP contribution in [-0.2, 0) is 16.8 Å². The van der Waals surface area contributed by atoms with Crippen LogP contribution in [0.3, 0.4) is 0 Å². The number of rotatable bonds is 5. The summed E-state index contributed by atoms with van der Waals surface area (Å²) in [6, 6.07) is 7.26. The van der Waals surface area contributed by atoms with E-state index in [4.69, 9.17) is 18.2 Å². The van der Waals surface area contributed by atoms with Crippen LogP contribution in [0.15, 0.2) is 41.7 Å². The monoisotopic (exact) mass is 345 g/mol. The Balaban J connectivity index is 1.98. The third kappa shape index (κ3) is 4.78. The first kappa shape index (κ1) is 17.5. The van der Waals surface area contributed by atoms with Crippen molar-refractivity contribution in [1.29, 1.82) is 0 Å². The summed E-state index contributed by atoms with van der Waals surface area (Å²) < 4.78 is 0. The zero-order chi connectivity index (χ0) is 16.9. The molecule has 0 spiro atoms. The van der Waals surface area contributed by atoms with Gasteiger partial charge in [0.1, 0.15) is 10.7 Å². The van der Waals surface area contributed by atoms with Crippen LogP contribution < -0.4 is 0 Å². The van der Waals surface area contributed by atoms with E-state index in [0.717, 1.165) is 17.3 Å². The number of hydrogen-bond donors (Lipinski definition) is 0. The Bertz CT molecular complexity index is 741. The van der Waals surface area contributed by atoms with Crippen LogP contribution >= 0.6 is 23.4 Å². The molecule has 0 aromatic carbocycles. The SMILES string of the molecule is [C-]#[N+]C(C)(C)c1ncc(CCC(=O)Sc2ccccn2)cc1Cl. The fourth-order valence-corrected chi connectivity index (χ4v) is 3.06. The van der Waals surface area contributed by atoms with Crippen LogP contribution in [0.5, 0.6) is 0 Å². The molecule has 0 fully saturated rings. The van der Waals surface area contributed by atoms with Gasteiger partial charge in [0.25, 0.3) is 5.54 Å². The molecule has 6 heteroatoms. The number of thioether (sulfide) groups is 1. The molecule has 2 heterocycles. The van der Waals surface area contributed by atoms with Crippen LogP contribution in [0, 0.1) is 6.57 Å². The van der Waals surface area contributed by atoms with Gasteiger partial charge in [-0.1, -0.05) is 17.7 Å². The predicted molar refractivity (Wildman–Crippen MR) is 92.3 cm³/mol. The molecule has 0 radical (unpaired) electrons. The maximum Gasteiger partial charge on any atom is 0.270 e. The van der Waals surface area contributed by atoms with Crippen molar-refractivity contribution in [3.8, 4) is 0 Å². The fourth-order valence-electron chi connectivity index (χ4n) is 1.94. The normalized spacial score (nSPS) is 11.0. The predicted octanol–water partition coefficient (Wildman–Crippen LogP) is 4.54. The number of halogens is 1. The minimum atomic E-state index is -0.750. The maximum atomic E-state index is 12.0. The smallest absolute Gasteiger partial charge is 0.270 e. The van der Waals surface area contributed by atoms with Crippen LogP contribution in [0.2, 0.25) is 5.02 Å². The number of hydrogen-bond acceptors (Lipinski definition) is 4. The lowest BCUT2D eigenvalue weighted by Crippen LogP contribution is -2.14. The van der Waals surface area contributed by atoms with Crippen molar-refractivity contribution in [2.24, 2.45) is 0 Å². The van der Waals surface area contributed by atoms with E-state index >= 15 is 0 Å². The first-order valence-electron chi connectivity index (χ1n) is 7.07. The van der Waals surface area contributed by atoms with Gasteiger partial charge in [-0.2, -0.15) is 0 Å². The highest BCUT2D eigenvalue weighted by Gasteiger charge is 2.30. The van der Waals surface area contributed by atoms with Gasteiger partial charge in [-0.15, -0.1) is 0 Å². The molecule has 0 amide bonds. The Morgan fingerprint density at radius 3 is 2.78 bits per heavy atom. The Hall–Kier alpha value is -1.90. The minimum absolute atomic E-state index is 0.0467. The van der Waals surface area contributed by atoms with E-state index in [1.54, 1.807) is 32.3 Å². The number of aryl methyl sites for hydroxylation is 1. The zero-order valence-electron chi connectivity index (χ0n) is 12.9. The summed E-state index contributed by atoms with van der Waals surface area (Å²) in [5.74, 6) is 0. The van der Waals surface area contributed by atoms with E-state index < -0.39 is 5.54 Å². The molecular formula is C17H16ClN3OS. The van der Waals surface area contributed by atoms with Gasteiger partial charge in [0.05, 0.1) is 5.02 Å². The average molecular weight is 346 g/mol. The molecule has 23 heavy (non-hydrogen) atoms. The molecule has 0 atom stereocenters. The van der Waals surface area contributed by atoms with Crippen molar-refractivity contribution in [3.63, 3.8) is 0 Å². The molecule has 0 aliphatic heterocycles. The summed E-state index contributed by atoms with van der Waals surface area (Å²) in [5, 5.41) is 1.21. The Kier molecular flexibility index (Phi) is 5.75. The summed E-state index contributed by atoms with van der Waals surface area (Å²) in [5.41, 5.74) is 0.696. The van der Waals surface area contributed by atoms with Crippen molar-refractivity contribution >= 4 is 28.5 Å². The molecule has 0 bridgehead atoms. The van der Waals surface area contributed by atoms with Crippen molar-refractivity contribution in [2.45, 2.75) is 37.3 Å². The molecule has 118 valence electrons. The first-order valence-corrected chi connectivity index (χ1v) is 8.27. The lowest BCUT2D eigenvalue weighted by molar-refractivity contribution is -0.110. The first-order chi connectivity index (χ1) is 10.9. The summed E-state index contributed by atoms with van der Waals surface area (Å²) >= 11 is 7.37. The summed E-state index contributed by atoms with van der Waals surface area (Å²) in [6.07, 6.45) is 4.29. The van der Waals surface area contributed by atoms with Gasteiger partial charge in [-0.3, -0.25) is 9.78 Å². The molecule has 2 rings (SSSR count). The van der Waals surface area contributed by atoms with Crippen molar-refractivity contribution in [1.82, 2.24) is 9.97 Å².